The Morgan fingerprint density at radius 2 is 1.67 bits per heavy atom. The van der Waals surface area contributed by atoms with E-state index in [2.05, 4.69) is 10.2 Å². The molecule has 0 saturated heterocycles. The van der Waals surface area contributed by atoms with E-state index in [1.54, 1.807) is 21.0 Å². The van der Waals surface area contributed by atoms with Crippen LogP contribution in [0.15, 0.2) is 15.8 Å². The van der Waals surface area contributed by atoms with Gasteiger partial charge in [-0.25, -0.2) is 0 Å². The van der Waals surface area contributed by atoms with Crippen LogP contribution in [-0.2, 0) is 14.1 Å². The Kier molecular flexibility index (Phi) is 2.96. The molecule has 1 fully saturated rings. The van der Waals surface area contributed by atoms with Gasteiger partial charge < -0.3 is 15.3 Å². The fourth-order valence-electron chi connectivity index (χ4n) is 3.23. The van der Waals surface area contributed by atoms with Crippen molar-refractivity contribution in [2.75, 3.05) is 0 Å². The number of hydrogen-bond acceptors (Lipinski definition) is 4. The highest BCUT2D eigenvalue weighted by atomic mass is 16.3. The molecule has 0 bridgehead atoms. The molecule has 0 aromatic carbocycles. The van der Waals surface area contributed by atoms with E-state index in [1.165, 1.54) is 15.6 Å². The molecular formula is C13H18N4O4. The lowest BCUT2D eigenvalue weighted by Crippen LogP contribution is -2.54. The first kappa shape index (κ1) is 13.9. The van der Waals surface area contributed by atoms with Crippen LogP contribution in [0.2, 0.25) is 0 Å². The zero-order valence-corrected chi connectivity index (χ0v) is 12.0. The van der Waals surface area contributed by atoms with Crippen molar-refractivity contribution in [3.05, 3.63) is 43.7 Å². The lowest BCUT2D eigenvalue weighted by atomic mass is 9.64. The number of nitrogens with one attached hydrogen (secondary N) is 2. The molecule has 8 heteroatoms. The van der Waals surface area contributed by atoms with Crippen molar-refractivity contribution in [1.82, 2.24) is 19.6 Å². The molecule has 1 saturated carbocycles. The molecule has 4 N–H and O–H groups in total. The zero-order chi connectivity index (χ0) is 15.5. The third kappa shape index (κ3) is 1.76. The van der Waals surface area contributed by atoms with Gasteiger partial charge in [0.15, 0.2) is 0 Å². The summed E-state index contributed by atoms with van der Waals surface area (Å²) in [5, 5.41) is 26.3. The summed E-state index contributed by atoms with van der Waals surface area (Å²) < 4.78 is 2.59. The summed E-state index contributed by atoms with van der Waals surface area (Å²) in [5.41, 5.74) is 0.775. The summed E-state index contributed by atoms with van der Waals surface area (Å²) in [6.07, 6.45) is -0.450. The minimum atomic E-state index is -0.967. The van der Waals surface area contributed by atoms with Crippen LogP contribution in [-0.4, -0.2) is 42.0 Å². The third-order valence-electron chi connectivity index (χ3n) is 4.40. The number of rotatable bonds is 2. The second-order valence-corrected chi connectivity index (χ2v) is 5.64. The number of aliphatic hydroxyl groups is 2. The van der Waals surface area contributed by atoms with Gasteiger partial charge in [-0.1, -0.05) is 0 Å². The monoisotopic (exact) mass is 294 g/mol. The summed E-state index contributed by atoms with van der Waals surface area (Å²) in [4.78, 5) is 24.0. The third-order valence-corrected chi connectivity index (χ3v) is 4.40. The fourth-order valence-corrected chi connectivity index (χ4v) is 3.23. The van der Waals surface area contributed by atoms with Crippen molar-refractivity contribution in [1.29, 1.82) is 0 Å². The summed E-state index contributed by atoms with van der Waals surface area (Å²) >= 11 is 0. The molecule has 0 spiro atoms. The number of hydrogen-bond donors (Lipinski definition) is 4. The van der Waals surface area contributed by atoms with Gasteiger partial charge in [0, 0.05) is 48.9 Å². The Morgan fingerprint density at radius 3 is 2.10 bits per heavy atom. The molecule has 0 radical (unpaired) electrons. The SMILES string of the molecule is Cc1[nH]n(C)c(=O)c1C1C(O)C(c2c[nH]n(C)c2=O)C1O. The zero-order valence-electron chi connectivity index (χ0n) is 12.0. The molecule has 114 valence electrons. The minimum Gasteiger partial charge on any atom is -0.392 e. The average molecular weight is 294 g/mol. The Bertz CT molecular complexity index is 786. The van der Waals surface area contributed by atoms with Gasteiger partial charge in [0.25, 0.3) is 11.1 Å². The van der Waals surface area contributed by atoms with E-state index in [0.717, 1.165) is 0 Å². The smallest absolute Gasteiger partial charge is 0.270 e. The maximum Gasteiger partial charge on any atom is 0.270 e. The number of H-pyrrole nitrogens is 2. The predicted molar refractivity (Wildman–Crippen MR) is 74.3 cm³/mol. The van der Waals surface area contributed by atoms with Crippen LogP contribution in [0.1, 0.15) is 28.7 Å². The van der Waals surface area contributed by atoms with E-state index in [9.17, 15) is 19.8 Å². The van der Waals surface area contributed by atoms with Gasteiger partial charge in [0.05, 0.1) is 12.2 Å². The molecule has 2 unspecified atom stereocenters. The molecule has 2 atom stereocenters. The first-order chi connectivity index (χ1) is 9.84. The van der Waals surface area contributed by atoms with E-state index in [0.29, 0.717) is 16.8 Å². The van der Waals surface area contributed by atoms with Crippen LogP contribution in [0.5, 0.6) is 0 Å². The van der Waals surface area contributed by atoms with E-state index in [-0.39, 0.29) is 11.1 Å². The average Bonchev–Trinajstić information content (AvgIpc) is 2.87. The van der Waals surface area contributed by atoms with Crippen molar-refractivity contribution in [2.24, 2.45) is 14.1 Å². The van der Waals surface area contributed by atoms with Gasteiger partial charge in [0.1, 0.15) is 0 Å². The van der Waals surface area contributed by atoms with E-state index >= 15 is 0 Å². The lowest BCUT2D eigenvalue weighted by Gasteiger charge is -2.45. The summed E-state index contributed by atoms with van der Waals surface area (Å²) in [5.74, 6) is -1.36. The number of aromatic amines is 2. The molecule has 0 aliphatic heterocycles. The molecule has 3 rings (SSSR count). The van der Waals surface area contributed by atoms with Crippen LogP contribution in [0, 0.1) is 6.92 Å². The molecule has 2 aromatic rings. The Labute approximate surface area is 119 Å². The Hall–Kier alpha value is -2.06. The molecular weight excluding hydrogens is 276 g/mol. The van der Waals surface area contributed by atoms with Gasteiger partial charge in [-0.15, -0.1) is 0 Å². The summed E-state index contributed by atoms with van der Waals surface area (Å²) in [6, 6.07) is 0. The second-order valence-electron chi connectivity index (χ2n) is 5.64. The molecule has 1 aliphatic carbocycles. The number of aliphatic hydroxyl groups excluding tert-OH is 2. The normalized spacial score (nSPS) is 28.6. The maximum atomic E-state index is 12.1. The lowest BCUT2D eigenvalue weighted by molar-refractivity contribution is -0.0794. The molecule has 2 heterocycles. The number of aryl methyl sites for hydroxylation is 3. The highest BCUT2D eigenvalue weighted by Crippen LogP contribution is 2.46. The first-order valence-electron chi connectivity index (χ1n) is 6.70. The van der Waals surface area contributed by atoms with Crippen molar-refractivity contribution in [3.8, 4) is 0 Å². The Balaban J connectivity index is 1.98. The largest absolute Gasteiger partial charge is 0.392 e. The number of nitrogens with zero attached hydrogens (tertiary/aromatic N) is 2. The van der Waals surface area contributed by atoms with Gasteiger partial charge >= 0.3 is 0 Å². The van der Waals surface area contributed by atoms with Gasteiger partial charge in [-0.2, -0.15) is 0 Å². The highest BCUT2D eigenvalue weighted by Gasteiger charge is 2.53. The Morgan fingerprint density at radius 1 is 1.05 bits per heavy atom. The molecule has 2 aromatic heterocycles. The molecule has 8 nitrogen and oxygen atoms in total. The molecule has 1 aliphatic rings. The fraction of sp³-hybridized carbons (Fsp3) is 0.538. The van der Waals surface area contributed by atoms with Gasteiger partial charge in [-0.05, 0) is 6.92 Å². The van der Waals surface area contributed by atoms with E-state index < -0.39 is 24.0 Å². The topological polar surface area (TPSA) is 116 Å². The first-order valence-corrected chi connectivity index (χ1v) is 6.70. The van der Waals surface area contributed by atoms with Crippen molar-refractivity contribution in [3.63, 3.8) is 0 Å². The maximum absolute atomic E-state index is 12.1. The van der Waals surface area contributed by atoms with Crippen LogP contribution in [0.3, 0.4) is 0 Å². The highest BCUT2D eigenvalue weighted by molar-refractivity contribution is 5.35. The van der Waals surface area contributed by atoms with Crippen LogP contribution < -0.4 is 11.1 Å². The van der Waals surface area contributed by atoms with Crippen molar-refractivity contribution < 1.29 is 10.2 Å². The summed E-state index contributed by atoms with van der Waals surface area (Å²) in [6.45, 7) is 1.72. The summed E-state index contributed by atoms with van der Waals surface area (Å²) in [7, 11) is 3.14. The van der Waals surface area contributed by atoms with Crippen LogP contribution in [0.25, 0.3) is 0 Å². The van der Waals surface area contributed by atoms with E-state index in [1.807, 2.05) is 0 Å². The molecule has 21 heavy (non-hydrogen) atoms. The quantitative estimate of drug-likeness (QED) is 0.548. The molecule has 0 amide bonds. The van der Waals surface area contributed by atoms with E-state index in [4.69, 9.17) is 0 Å². The number of aromatic nitrogens is 4. The van der Waals surface area contributed by atoms with Gasteiger partial charge in [0.2, 0.25) is 0 Å². The van der Waals surface area contributed by atoms with Crippen LogP contribution >= 0.6 is 0 Å². The van der Waals surface area contributed by atoms with Crippen molar-refractivity contribution >= 4 is 0 Å². The van der Waals surface area contributed by atoms with Crippen LogP contribution in [0.4, 0.5) is 0 Å². The van der Waals surface area contributed by atoms with Gasteiger partial charge in [-0.3, -0.25) is 24.1 Å². The minimum absolute atomic E-state index is 0.268. The predicted octanol–water partition coefficient (Wildman–Crippen LogP) is -1.35. The second kappa shape index (κ2) is 4.47. The standard InChI is InChI=1S/C13H18N4O4/c1-5-7(13(21)17(3)15-5)9-10(18)8(11(9)19)6-4-14-16(2)12(6)20/h4,8-11,14-15,18-19H,1-3H3. The van der Waals surface area contributed by atoms with Crippen molar-refractivity contribution in [2.45, 2.75) is 31.0 Å².